The van der Waals surface area contributed by atoms with Gasteiger partial charge in [0.2, 0.25) is 0 Å². The van der Waals surface area contributed by atoms with E-state index >= 15 is 0 Å². The number of rotatable bonds is 7. The molecule has 2 aromatic rings. The predicted octanol–water partition coefficient (Wildman–Crippen LogP) is 4.35. The molecule has 134 valence electrons. The number of ether oxygens (including phenoxy) is 1. The first-order valence-corrected chi connectivity index (χ1v) is 8.04. The Morgan fingerprint density at radius 2 is 2.00 bits per heavy atom. The van der Waals surface area contributed by atoms with Crippen LogP contribution in [0.3, 0.4) is 0 Å². The number of hydrogen-bond acceptors (Lipinski definition) is 6. The summed E-state index contributed by atoms with van der Waals surface area (Å²) in [5, 5.41) is 19.8. The Kier molecular flexibility index (Phi) is 6.28. The van der Waals surface area contributed by atoms with E-state index in [4.69, 9.17) is 14.4 Å². The molecular weight excluding hydrogens is 336 g/mol. The molecule has 0 aliphatic heterocycles. The van der Waals surface area contributed by atoms with Crippen LogP contribution in [0.5, 0.6) is 0 Å². The van der Waals surface area contributed by atoms with E-state index in [-0.39, 0.29) is 17.9 Å². The van der Waals surface area contributed by atoms with Crippen LogP contribution in [0.2, 0.25) is 0 Å². The second-order valence-corrected chi connectivity index (χ2v) is 5.99. The molecule has 7 heteroatoms. The highest BCUT2D eigenvalue weighted by Crippen LogP contribution is 2.25. The van der Waals surface area contributed by atoms with E-state index in [9.17, 15) is 14.9 Å². The van der Waals surface area contributed by atoms with Gasteiger partial charge in [-0.1, -0.05) is 13.8 Å². The van der Waals surface area contributed by atoms with Gasteiger partial charge >= 0.3 is 5.97 Å². The van der Waals surface area contributed by atoms with Crippen LogP contribution in [0.25, 0.3) is 17.4 Å². The lowest BCUT2D eigenvalue weighted by Gasteiger charge is -2.05. The van der Waals surface area contributed by atoms with E-state index in [1.54, 1.807) is 24.3 Å². The lowest BCUT2D eigenvalue weighted by molar-refractivity contribution is -0.384. The number of nitriles is 1. The zero-order valence-corrected chi connectivity index (χ0v) is 14.5. The topological polar surface area (TPSA) is 106 Å². The van der Waals surface area contributed by atoms with Crippen molar-refractivity contribution in [3.05, 3.63) is 57.8 Å². The van der Waals surface area contributed by atoms with Gasteiger partial charge in [0.25, 0.3) is 5.69 Å². The Labute approximate surface area is 150 Å². The summed E-state index contributed by atoms with van der Waals surface area (Å²) >= 11 is 0. The molecule has 0 bridgehead atoms. The van der Waals surface area contributed by atoms with Gasteiger partial charge in [-0.2, -0.15) is 5.26 Å². The largest absolute Gasteiger partial charge is 0.462 e. The molecule has 0 amide bonds. The maximum atomic E-state index is 11.9. The molecule has 1 heterocycles. The summed E-state index contributed by atoms with van der Waals surface area (Å²) in [5.41, 5.74) is 0.475. The van der Waals surface area contributed by atoms with Gasteiger partial charge in [-0.15, -0.1) is 0 Å². The molecule has 7 nitrogen and oxygen atoms in total. The summed E-state index contributed by atoms with van der Waals surface area (Å²) in [6.45, 7) is 4.27. The number of carbonyl (C=O) groups is 1. The van der Waals surface area contributed by atoms with E-state index in [0.29, 0.717) is 23.0 Å². The molecule has 26 heavy (non-hydrogen) atoms. The minimum atomic E-state index is -0.693. The smallest absolute Gasteiger partial charge is 0.349 e. The van der Waals surface area contributed by atoms with Crippen molar-refractivity contribution in [2.75, 3.05) is 6.61 Å². The van der Waals surface area contributed by atoms with Crippen molar-refractivity contribution in [3.63, 3.8) is 0 Å². The molecule has 0 aliphatic carbocycles. The Bertz CT molecular complexity index is 857. The van der Waals surface area contributed by atoms with Crippen LogP contribution >= 0.6 is 0 Å². The Hall–Kier alpha value is -3.40. The predicted molar refractivity (Wildman–Crippen MR) is 94.8 cm³/mol. The first-order valence-electron chi connectivity index (χ1n) is 8.04. The summed E-state index contributed by atoms with van der Waals surface area (Å²) in [6.07, 6.45) is 2.03. The van der Waals surface area contributed by atoms with E-state index < -0.39 is 10.9 Å². The fraction of sp³-hybridized carbons (Fsp3) is 0.263. The average Bonchev–Trinajstić information content (AvgIpc) is 3.08. The highest BCUT2D eigenvalue weighted by molar-refractivity contribution is 5.97. The van der Waals surface area contributed by atoms with Crippen molar-refractivity contribution in [3.8, 4) is 17.4 Å². The van der Waals surface area contributed by atoms with E-state index in [1.807, 2.05) is 19.9 Å². The molecular formula is C19H18N2O5. The summed E-state index contributed by atoms with van der Waals surface area (Å²) < 4.78 is 10.7. The maximum Gasteiger partial charge on any atom is 0.349 e. The van der Waals surface area contributed by atoms with Gasteiger partial charge in [0.1, 0.15) is 23.2 Å². The van der Waals surface area contributed by atoms with Crippen molar-refractivity contribution in [1.29, 1.82) is 5.26 Å². The molecule has 1 aromatic carbocycles. The maximum absolute atomic E-state index is 11.9. The van der Waals surface area contributed by atoms with Crippen molar-refractivity contribution in [2.24, 2.45) is 5.92 Å². The minimum absolute atomic E-state index is 0.0173. The number of non-ortho nitro benzene ring substituents is 1. The summed E-state index contributed by atoms with van der Waals surface area (Å²) in [5.74, 6) is 0.486. The number of nitro benzene ring substituents is 1. The molecule has 0 saturated heterocycles. The first-order chi connectivity index (χ1) is 12.4. The van der Waals surface area contributed by atoms with E-state index in [2.05, 4.69) is 0 Å². The lowest BCUT2D eigenvalue weighted by Crippen LogP contribution is -2.09. The zero-order chi connectivity index (χ0) is 19.1. The molecule has 0 fully saturated rings. The summed E-state index contributed by atoms with van der Waals surface area (Å²) in [6, 6.07) is 11.0. The highest BCUT2D eigenvalue weighted by atomic mass is 16.6. The number of nitrogens with zero attached hydrogens (tertiary/aromatic N) is 2. The van der Waals surface area contributed by atoms with Gasteiger partial charge in [-0.3, -0.25) is 10.1 Å². The minimum Gasteiger partial charge on any atom is -0.462 e. The van der Waals surface area contributed by atoms with E-state index in [1.165, 1.54) is 18.2 Å². The third-order valence-corrected chi connectivity index (χ3v) is 3.54. The van der Waals surface area contributed by atoms with Crippen LogP contribution in [0.1, 0.15) is 26.0 Å². The summed E-state index contributed by atoms with van der Waals surface area (Å²) in [4.78, 5) is 22.1. The van der Waals surface area contributed by atoms with Crippen molar-refractivity contribution in [2.45, 2.75) is 20.3 Å². The Balaban J connectivity index is 2.12. The van der Waals surface area contributed by atoms with E-state index in [0.717, 1.165) is 6.42 Å². The van der Waals surface area contributed by atoms with Gasteiger partial charge in [0.15, 0.2) is 0 Å². The number of nitro groups is 1. The van der Waals surface area contributed by atoms with Crippen LogP contribution in [-0.4, -0.2) is 17.5 Å². The normalized spacial score (nSPS) is 11.2. The van der Waals surface area contributed by atoms with Gasteiger partial charge < -0.3 is 9.15 Å². The van der Waals surface area contributed by atoms with Gasteiger partial charge in [-0.05, 0) is 36.6 Å². The van der Waals surface area contributed by atoms with Crippen molar-refractivity contribution < 1.29 is 18.9 Å². The van der Waals surface area contributed by atoms with Gasteiger partial charge in [0, 0.05) is 23.8 Å². The van der Waals surface area contributed by atoms with Crippen LogP contribution in [0.15, 0.2) is 46.4 Å². The fourth-order valence-electron chi connectivity index (χ4n) is 2.08. The molecule has 0 spiro atoms. The summed E-state index contributed by atoms with van der Waals surface area (Å²) in [7, 11) is 0. The molecule has 0 aliphatic rings. The molecule has 0 saturated carbocycles. The van der Waals surface area contributed by atoms with Gasteiger partial charge in [-0.25, -0.2) is 4.79 Å². The lowest BCUT2D eigenvalue weighted by atomic mass is 10.1. The second-order valence-electron chi connectivity index (χ2n) is 5.99. The van der Waals surface area contributed by atoms with Crippen LogP contribution in [0, 0.1) is 27.4 Å². The first kappa shape index (κ1) is 18.9. The monoisotopic (exact) mass is 354 g/mol. The SMILES string of the molecule is CC(C)CCOC(=O)/C(C#N)=C/c1ccc(-c2ccc([N+](=O)[O-])cc2)o1. The molecule has 1 aromatic heterocycles. The number of benzene rings is 1. The third-order valence-electron chi connectivity index (χ3n) is 3.54. The third kappa shape index (κ3) is 5.05. The molecule has 0 unspecified atom stereocenters. The van der Waals surface area contributed by atoms with Crippen molar-refractivity contribution >= 4 is 17.7 Å². The number of furan rings is 1. The molecule has 0 N–H and O–H groups in total. The number of esters is 1. The van der Waals surface area contributed by atoms with Crippen LogP contribution < -0.4 is 0 Å². The second kappa shape index (κ2) is 8.62. The Morgan fingerprint density at radius 1 is 1.31 bits per heavy atom. The average molecular weight is 354 g/mol. The van der Waals surface area contributed by atoms with Crippen LogP contribution in [0.4, 0.5) is 5.69 Å². The highest BCUT2D eigenvalue weighted by Gasteiger charge is 2.13. The van der Waals surface area contributed by atoms with Crippen molar-refractivity contribution in [1.82, 2.24) is 0 Å². The standard InChI is InChI=1S/C19H18N2O5/c1-13(2)9-10-25-19(22)15(12-20)11-17-7-8-18(26-17)14-3-5-16(6-4-14)21(23)24/h3-8,11,13H,9-10H2,1-2H3/b15-11+. The molecule has 2 rings (SSSR count). The molecule has 0 atom stereocenters. The number of hydrogen-bond donors (Lipinski definition) is 0. The zero-order valence-electron chi connectivity index (χ0n) is 14.5. The fourth-order valence-corrected chi connectivity index (χ4v) is 2.08. The Morgan fingerprint density at radius 3 is 2.58 bits per heavy atom. The number of carbonyl (C=O) groups excluding carboxylic acids is 1. The quantitative estimate of drug-likeness (QED) is 0.240. The molecule has 0 radical (unpaired) electrons. The van der Waals surface area contributed by atoms with Gasteiger partial charge in [0.05, 0.1) is 11.5 Å². The van der Waals surface area contributed by atoms with Crippen LogP contribution in [-0.2, 0) is 9.53 Å².